The van der Waals surface area contributed by atoms with Gasteiger partial charge < -0.3 is 5.11 Å². The number of benzene rings is 1. The number of thiazole rings is 1. The first-order valence-corrected chi connectivity index (χ1v) is 8.19. The Hall–Kier alpha value is -0.360. The molecule has 0 saturated heterocycles. The summed E-state index contributed by atoms with van der Waals surface area (Å²) in [6, 6.07) is 8.16. The molecule has 0 radical (unpaired) electrons. The summed E-state index contributed by atoms with van der Waals surface area (Å²) in [5.74, 6) is 0.834. The first-order chi connectivity index (χ1) is 8.58. The summed E-state index contributed by atoms with van der Waals surface area (Å²) in [4.78, 5) is 6.68. The molecule has 0 aliphatic heterocycles. The smallest absolute Gasteiger partial charge is 0.103 e. The third kappa shape index (κ3) is 3.35. The molecule has 96 valence electrons. The maximum absolute atomic E-state index is 9.60. The van der Waals surface area contributed by atoms with E-state index in [0.717, 1.165) is 25.8 Å². The largest absolute Gasteiger partial charge is 0.388 e. The second-order valence-corrected chi connectivity index (χ2v) is 6.94. The molecule has 1 heterocycles. The highest BCUT2D eigenvalue weighted by Crippen LogP contribution is 2.32. The van der Waals surface area contributed by atoms with Crippen LogP contribution in [0.2, 0.25) is 0 Å². The van der Waals surface area contributed by atoms with Gasteiger partial charge in [0.15, 0.2) is 0 Å². The van der Waals surface area contributed by atoms with Crippen LogP contribution in [-0.2, 0) is 5.75 Å². The van der Waals surface area contributed by atoms with Gasteiger partial charge in [0.25, 0.3) is 0 Å². The van der Waals surface area contributed by atoms with Crippen molar-refractivity contribution in [2.24, 2.45) is 0 Å². The average Bonchev–Trinajstić information content (AvgIpc) is 2.70. The van der Waals surface area contributed by atoms with Crippen LogP contribution < -0.4 is 0 Å². The van der Waals surface area contributed by atoms with E-state index in [9.17, 15) is 5.11 Å². The van der Waals surface area contributed by atoms with E-state index in [0.29, 0.717) is 0 Å². The van der Waals surface area contributed by atoms with E-state index in [4.69, 9.17) is 0 Å². The van der Waals surface area contributed by atoms with Gasteiger partial charge in [-0.05, 0) is 41.9 Å². The summed E-state index contributed by atoms with van der Waals surface area (Å²) in [6.45, 7) is 3.73. The number of rotatable bonds is 4. The highest BCUT2D eigenvalue weighted by Gasteiger charge is 2.12. The summed E-state index contributed by atoms with van der Waals surface area (Å²) >= 11 is 6.88. The molecule has 0 spiro atoms. The molecule has 0 aliphatic rings. The van der Waals surface area contributed by atoms with Crippen LogP contribution in [0.15, 0.2) is 33.6 Å². The maximum atomic E-state index is 9.60. The van der Waals surface area contributed by atoms with Crippen molar-refractivity contribution in [3.63, 3.8) is 0 Å². The molecule has 1 atom stereocenters. The molecule has 18 heavy (non-hydrogen) atoms. The fourth-order valence-corrected chi connectivity index (χ4v) is 4.18. The number of nitrogens with zero attached hydrogens (tertiary/aromatic N) is 1. The molecule has 1 N–H and O–H groups in total. The van der Waals surface area contributed by atoms with Crippen molar-refractivity contribution in [1.29, 1.82) is 0 Å². The minimum atomic E-state index is -0.426. The Bertz CT molecular complexity index is 540. The molecule has 1 aromatic heterocycles. The van der Waals surface area contributed by atoms with Gasteiger partial charge in [-0.15, -0.1) is 23.1 Å². The Morgan fingerprint density at radius 2 is 2.17 bits per heavy atom. The first-order valence-electron chi connectivity index (χ1n) is 5.59. The van der Waals surface area contributed by atoms with Crippen LogP contribution in [0.5, 0.6) is 0 Å². The van der Waals surface area contributed by atoms with Crippen LogP contribution in [0.4, 0.5) is 0 Å². The van der Waals surface area contributed by atoms with E-state index in [1.807, 2.05) is 25.1 Å². The van der Waals surface area contributed by atoms with Gasteiger partial charge in [-0.1, -0.05) is 12.1 Å². The van der Waals surface area contributed by atoms with Gasteiger partial charge in [0.1, 0.15) is 5.01 Å². The molecule has 0 fully saturated rings. The third-order valence-electron chi connectivity index (χ3n) is 2.44. The van der Waals surface area contributed by atoms with E-state index in [-0.39, 0.29) is 0 Å². The number of hydrogen-bond acceptors (Lipinski definition) is 4. The predicted octanol–water partition coefficient (Wildman–Crippen LogP) is 4.56. The minimum absolute atomic E-state index is 0.426. The monoisotopic (exact) mass is 343 g/mol. The Morgan fingerprint density at radius 1 is 1.44 bits per heavy atom. The number of aliphatic hydroxyl groups excluding tert-OH is 1. The number of hydrogen-bond donors (Lipinski definition) is 1. The zero-order valence-electron chi connectivity index (χ0n) is 10.2. The van der Waals surface area contributed by atoms with E-state index in [1.165, 1.54) is 4.90 Å². The third-order valence-corrected chi connectivity index (χ3v) is 5.99. The number of aromatic nitrogens is 1. The summed E-state index contributed by atoms with van der Waals surface area (Å²) in [7, 11) is 0. The van der Waals surface area contributed by atoms with Gasteiger partial charge in [-0.3, -0.25) is 0 Å². The van der Waals surface area contributed by atoms with Crippen molar-refractivity contribution in [3.8, 4) is 0 Å². The number of aryl methyl sites for hydroxylation is 1. The van der Waals surface area contributed by atoms with Gasteiger partial charge in [0.2, 0.25) is 0 Å². The van der Waals surface area contributed by atoms with Crippen molar-refractivity contribution in [2.45, 2.75) is 30.6 Å². The predicted molar refractivity (Wildman–Crippen MR) is 81.2 cm³/mol. The van der Waals surface area contributed by atoms with E-state index < -0.39 is 6.10 Å². The van der Waals surface area contributed by atoms with E-state index in [2.05, 4.69) is 27.0 Å². The number of thioether (sulfide) groups is 1. The second kappa shape index (κ2) is 6.19. The maximum Gasteiger partial charge on any atom is 0.103 e. The van der Waals surface area contributed by atoms with Crippen LogP contribution in [0.25, 0.3) is 0 Å². The molecule has 2 rings (SSSR count). The topological polar surface area (TPSA) is 33.1 Å². The van der Waals surface area contributed by atoms with Crippen LogP contribution in [0.3, 0.4) is 0 Å². The van der Waals surface area contributed by atoms with Crippen molar-refractivity contribution in [2.75, 3.05) is 0 Å². The molecule has 0 saturated carbocycles. The van der Waals surface area contributed by atoms with Crippen molar-refractivity contribution in [1.82, 2.24) is 4.98 Å². The first kappa shape index (κ1) is 14.1. The lowest BCUT2D eigenvalue weighted by molar-refractivity contribution is 0.202. The van der Waals surface area contributed by atoms with E-state index >= 15 is 0 Å². The van der Waals surface area contributed by atoms with Crippen LogP contribution in [0.1, 0.15) is 28.6 Å². The average molecular weight is 344 g/mol. The summed E-state index contributed by atoms with van der Waals surface area (Å²) < 4.78 is 1.11. The minimum Gasteiger partial charge on any atom is -0.388 e. The van der Waals surface area contributed by atoms with E-state index in [1.54, 1.807) is 30.0 Å². The van der Waals surface area contributed by atoms with Gasteiger partial charge in [-0.2, -0.15) is 0 Å². The lowest BCUT2D eigenvalue weighted by Gasteiger charge is -2.01. The lowest BCUT2D eigenvalue weighted by Crippen LogP contribution is -1.88. The highest BCUT2D eigenvalue weighted by atomic mass is 79.9. The zero-order chi connectivity index (χ0) is 13.1. The van der Waals surface area contributed by atoms with Crippen LogP contribution >= 0.6 is 39.0 Å². The summed E-state index contributed by atoms with van der Waals surface area (Å²) in [5.41, 5.74) is 0.942. The SMILES string of the molecule is Cc1nc(CSc2ccccc2Br)sc1C(C)O. The lowest BCUT2D eigenvalue weighted by atomic mass is 10.3. The molecule has 2 nitrogen and oxygen atoms in total. The van der Waals surface area contributed by atoms with Crippen molar-refractivity contribution >= 4 is 39.0 Å². The molecule has 2 aromatic rings. The standard InChI is InChI=1S/C13H14BrNOS2/c1-8-13(9(2)16)18-12(15-8)7-17-11-6-4-3-5-10(11)14/h3-6,9,16H,7H2,1-2H3. The zero-order valence-corrected chi connectivity index (χ0v) is 13.4. The Labute approximate surface area is 124 Å². The van der Waals surface area contributed by atoms with Crippen LogP contribution in [-0.4, -0.2) is 10.1 Å². The molecule has 5 heteroatoms. The quantitative estimate of drug-likeness (QED) is 0.826. The van der Waals surface area contributed by atoms with Gasteiger partial charge in [0, 0.05) is 9.37 Å². The normalized spacial score (nSPS) is 12.7. The molecule has 1 aromatic carbocycles. The number of aliphatic hydroxyl groups is 1. The van der Waals surface area contributed by atoms with Crippen molar-refractivity contribution < 1.29 is 5.11 Å². The Balaban J connectivity index is 2.07. The Kier molecular flexibility index (Phi) is 4.84. The fraction of sp³-hybridized carbons (Fsp3) is 0.308. The molecular formula is C13H14BrNOS2. The van der Waals surface area contributed by atoms with Gasteiger partial charge >= 0.3 is 0 Å². The molecule has 1 unspecified atom stereocenters. The fourth-order valence-electron chi connectivity index (χ4n) is 1.62. The summed E-state index contributed by atoms with van der Waals surface area (Å²) in [5, 5.41) is 10.7. The molecule has 0 aliphatic carbocycles. The molecule has 0 bridgehead atoms. The Morgan fingerprint density at radius 3 is 2.78 bits per heavy atom. The van der Waals surface area contributed by atoms with Gasteiger partial charge in [0.05, 0.1) is 22.4 Å². The molecule has 0 amide bonds. The van der Waals surface area contributed by atoms with Gasteiger partial charge in [-0.25, -0.2) is 4.98 Å². The van der Waals surface area contributed by atoms with Crippen LogP contribution in [0, 0.1) is 6.92 Å². The highest BCUT2D eigenvalue weighted by molar-refractivity contribution is 9.10. The summed E-state index contributed by atoms with van der Waals surface area (Å²) in [6.07, 6.45) is -0.426. The number of halogens is 1. The second-order valence-electron chi connectivity index (χ2n) is 3.95. The van der Waals surface area contributed by atoms with Crippen molar-refractivity contribution in [3.05, 3.63) is 44.3 Å². The molecular weight excluding hydrogens is 330 g/mol.